The molecule has 1 aliphatic heterocycles. The third-order valence-electron chi connectivity index (χ3n) is 3.79. The SMILES string of the molecule is c1ccc2nc(OCCC[C@H]3CCCCN3)cnc2c1. The average molecular weight is 271 g/mol. The van der Waals surface area contributed by atoms with Gasteiger partial charge in [0.1, 0.15) is 0 Å². The zero-order valence-electron chi connectivity index (χ0n) is 11.7. The van der Waals surface area contributed by atoms with E-state index in [1.54, 1.807) is 6.20 Å². The van der Waals surface area contributed by atoms with Crippen LogP contribution in [0.25, 0.3) is 11.0 Å². The van der Waals surface area contributed by atoms with Gasteiger partial charge in [0.15, 0.2) is 0 Å². The van der Waals surface area contributed by atoms with E-state index in [4.69, 9.17) is 4.74 Å². The minimum Gasteiger partial charge on any atom is -0.477 e. The van der Waals surface area contributed by atoms with Crippen molar-refractivity contribution in [1.82, 2.24) is 15.3 Å². The van der Waals surface area contributed by atoms with Crippen LogP contribution in [0.15, 0.2) is 30.5 Å². The maximum Gasteiger partial charge on any atom is 0.232 e. The maximum absolute atomic E-state index is 5.70. The molecule has 1 atom stereocenters. The fourth-order valence-electron chi connectivity index (χ4n) is 2.69. The second-order valence-corrected chi connectivity index (χ2v) is 5.33. The molecular formula is C16H21N3O. The first-order valence-corrected chi connectivity index (χ1v) is 7.50. The summed E-state index contributed by atoms with van der Waals surface area (Å²) in [6, 6.07) is 8.53. The Morgan fingerprint density at radius 2 is 2.10 bits per heavy atom. The lowest BCUT2D eigenvalue weighted by Gasteiger charge is -2.23. The Bertz CT molecular complexity index is 552. The van der Waals surface area contributed by atoms with Gasteiger partial charge in [-0.05, 0) is 44.4 Å². The highest BCUT2D eigenvalue weighted by molar-refractivity contribution is 5.73. The minimum absolute atomic E-state index is 0.625. The number of hydrogen-bond acceptors (Lipinski definition) is 4. The summed E-state index contributed by atoms with van der Waals surface area (Å²) in [6.45, 7) is 1.88. The monoisotopic (exact) mass is 271 g/mol. The predicted molar refractivity (Wildman–Crippen MR) is 79.9 cm³/mol. The van der Waals surface area contributed by atoms with E-state index in [-0.39, 0.29) is 0 Å². The molecule has 2 aromatic rings. The van der Waals surface area contributed by atoms with Crippen LogP contribution >= 0.6 is 0 Å². The molecule has 3 rings (SSSR count). The fourth-order valence-corrected chi connectivity index (χ4v) is 2.69. The van der Waals surface area contributed by atoms with Crippen LogP contribution in [0.3, 0.4) is 0 Å². The van der Waals surface area contributed by atoms with E-state index >= 15 is 0 Å². The molecule has 20 heavy (non-hydrogen) atoms. The number of para-hydroxylation sites is 2. The van der Waals surface area contributed by atoms with Gasteiger partial charge in [0.25, 0.3) is 0 Å². The Morgan fingerprint density at radius 3 is 2.95 bits per heavy atom. The minimum atomic E-state index is 0.625. The van der Waals surface area contributed by atoms with Crippen LogP contribution in [-0.2, 0) is 0 Å². The Morgan fingerprint density at radius 1 is 1.20 bits per heavy atom. The highest BCUT2D eigenvalue weighted by atomic mass is 16.5. The van der Waals surface area contributed by atoms with Gasteiger partial charge in [-0.15, -0.1) is 0 Å². The van der Waals surface area contributed by atoms with Crippen molar-refractivity contribution in [1.29, 1.82) is 0 Å². The van der Waals surface area contributed by atoms with Crippen molar-refractivity contribution in [2.75, 3.05) is 13.2 Å². The summed E-state index contributed by atoms with van der Waals surface area (Å²) in [5.74, 6) is 0.625. The molecule has 0 saturated carbocycles. The van der Waals surface area contributed by atoms with E-state index in [9.17, 15) is 0 Å². The molecule has 4 heteroatoms. The zero-order chi connectivity index (χ0) is 13.6. The number of aromatic nitrogens is 2. The van der Waals surface area contributed by atoms with Crippen LogP contribution in [-0.4, -0.2) is 29.2 Å². The molecule has 1 N–H and O–H groups in total. The van der Waals surface area contributed by atoms with Gasteiger partial charge in [0.2, 0.25) is 5.88 Å². The van der Waals surface area contributed by atoms with Gasteiger partial charge in [-0.1, -0.05) is 18.6 Å². The largest absolute Gasteiger partial charge is 0.477 e. The first-order valence-electron chi connectivity index (χ1n) is 7.50. The van der Waals surface area contributed by atoms with Crippen molar-refractivity contribution in [2.45, 2.75) is 38.1 Å². The van der Waals surface area contributed by atoms with Gasteiger partial charge in [-0.3, -0.25) is 0 Å². The number of benzene rings is 1. The van der Waals surface area contributed by atoms with Crippen molar-refractivity contribution in [3.63, 3.8) is 0 Å². The maximum atomic E-state index is 5.70. The number of ether oxygens (including phenoxy) is 1. The van der Waals surface area contributed by atoms with E-state index in [1.165, 1.54) is 32.2 Å². The Hall–Kier alpha value is -1.68. The average Bonchev–Trinajstić information content (AvgIpc) is 2.52. The van der Waals surface area contributed by atoms with Crippen molar-refractivity contribution in [3.8, 4) is 5.88 Å². The highest BCUT2D eigenvalue weighted by Crippen LogP contribution is 2.14. The topological polar surface area (TPSA) is 47.0 Å². The molecular weight excluding hydrogens is 250 g/mol. The van der Waals surface area contributed by atoms with E-state index in [1.807, 2.05) is 24.3 Å². The summed E-state index contributed by atoms with van der Waals surface area (Å²) in [6.07, 6.45) is 7.93. The van der Waals surface area contributed by atoms with Crippen LogP contribution in [0.1, 0.15) is 32.1 Å². The van der Waals surface area contributed by atoms with Crippen molar-refractivity contribution in [2.24, 2.45) is 0 Å². The molecule has 0 bridgehead atoms. The number of nitrogens with one attached hydrogen (secondary N) is 1. The summed E-state index contributed by atoms with van der Waals surface area (Å²) in [4.78, 5) is 8.81. The zero-order valence-corrected chi connectivity index (χ0v) is 11.7. The number of fused-ring (bicyclic) bond motifs is 1. The fraction of sp³-hybridized carbons (Fsp3) is 0.500. The molecule has 1 aliphatic rings. The molecule has 1 saturated heterocycles. The second kappa shape index (κ2) is 6.66. The smallest absolute Gasteiger partial charge is 0.232 e. The van der Waals surface area contributed by atoms with Gasteiger partial charge in [-0.25, -0.2) is 9.97 Å². The van der Waals surface area contributed by atoms with Crippen LogP contribution in [0.2, 0.25) is 0 Å². The lowest BCUT2D eigenvalue weighted by atomic mass is 10.0. The van der Waals surface area contributed by atoms with Gasteiger partial charge < -0.3 is 10.1 Å². The van der Waals surface area contributed by atoms with Crippen molar-refractivity contribution < 1.29 is 4.74 Å². The highest BCUT2D eigenvalue weighted by Gasteiger charge is 2.11. The molecule has 1 aromatic heterocycles. The standard InChI is InChI=1S/C16H21N3O/c1-2-9-15-14(8-1)18-12-16(19-15)20-11-5-7-13-6-3-4-10-17-13/h1-2,8-9,12-13,17H,3-7,10-11H2/t13-/m1/s1. The number of piperidine rings is 1. The van der Waals surface area contributed by atoms with Crippen LogP contribution in [0, 0.1) is 0 Å². The van der Waals surface area contributed by atoms with Crippen LogP contribution < -0.4 is 10.1 Å². The molecule has 0 aliphatic carbocycles. The quantitative estimate of drug-likeness (QED) is 0.849. The van der Waals surface area contributed by atoms with Gasteiger partial charge in [0, 0.05) is 6.04 Å². The number of hydrogen-bond donors (Lipinski definition) is 1. The predicted octanol–water partition coefficient (Wildman–Crippen LogP) is 2.93. The van der Waals surface area contributed by atoms with Gasteiger partial charge in [0.05, 0.1) is 23.8 Å². The van der Waals surface area contributed by atoms with E-state index in [2.05, 4.69) is 15.3 Å². The van der Waals surface area contributed by atoms with Gasteiger partial charge >= 0.3 is 0 Å². The molecule has 1 aromatic carbocycles. The third-order valence-corrected chi connectivity index (χ3v) is 3.79. The summed E-state index contributed by atoms with van der Waals surface area (Å²) in [5.41, 5.74) is 1.80. The number of rotatable bonds is 5. The van der Waals surface area contributed by atoms with Crippen molar-refractivity contribution in [3.05, 3.63) is 30.5 Å². The number of nitrogens with zero attached hydrogens (tertiary/aromatic N) is 2. The lowest BCUT2D eigenvalue weighted by molar-refractivity contribution is 0.276. The summed E-state index contributed by atoms with van der Waals surface area (Å²) < 4.78 is 5.70. The summed E-state index contributed by atoms with van der Waals surface area (Å²) in [5, 5.41) is 3.56. The Kier molecular flexibility index (Phi) is 4.43. The molecule has 0 radical (unpaired) electrons. The first kappa shape index (κ1) is 13.3. The Labute approximate surface area is 119 Å². The van der Waals surface area contributed by atoms with Crippen molar-refractivity contribution >= 4 is 11.0 Å². The molecule has 0 amide bonds. The third kappa shape index (κ3) is 3.45. The molecule has 0 spiro atoms. The van der Waals surface area contributed by atoms with E-state index in [0.717, 1.165) is 17.5 Å². The second-order valence-electron chi connectivity index (χ2n) is 5.33. The molecule has 106 valence electrons. The molecule has 2 heterocycles. The van der Waals surface area contributed by atoms with Crippen LogP contribution in [0.5, 0.6) is 5.88 Å². The molecule has 0 unspecified atom stereocenters. The Balaban J connectivity index is 1.47. The van der Waals surface area contributed by atoms with E-state index < -0.39 is 0 Å². The molecule has 1 fully saturated rings. The van der Waals surface area contributed by atoms with E-state index in [0.29, 0.717) is 18.5 Å². The first-order chi connectivity index (χ1) is 9.92. The lowest BCUT2D eigenvalue weighted by Crippen LogP contribution is -2.34. The summed E-state index contributed by atoms with van der Waals surface area (Å²) in [7, 11) is 0. The summed E-state index contributed by atoms with van der Waals surface area (Å²) >= 11 is 0. The normalized spacial score (nSPS) is 19.1. The van der Waals surface area contributed by atoms with Crippen LogP contribution in [0.4, 0.5) is 0 Å². The molecule has 4 nitrogen and oxygen atoms in total. The van der Waals surface area contributed by atoms with Gasteiger partial charge in [-0.2, -0.15) is 0 Å².